The first-order chi connectivity index (χ1) is 14.7. The zero-order chi connectivity index (χ0) is 20.5. The molecule has 2 atom stereocenters. The van der Waals surface area contributed by atoms with Crippen LogP contribution in [0.4, 0.5) is 4.79 Å². The number of rotatable bonds is 3. The Hall–Kier alpha value is -3.06. The average Bonchev–Trinajstić information content (AvgIpc) is 2.74. The van der Waals surface area contributed by atoms with Crippen molar-refractivity contribution in [3.05, 3.63) is 60.2 Å². The van der Waals surface area contributed by atoms with Crippen LogP contribution in [0.3, 0.4) is 0 Å². The summed E-state index contributed by atoms with van der Waals surface area (Å²) < 4.78 is 11.4. The number of para-hydroxylation sites is 1. The van der Waals surface area contributed by atoms with Gasteiger partial charge in [0, 0.05) is 32.1 Å². The maximum atomic E-state index is 12.8. The van der Waals surface area contributed by atoms with E-state index in [0.717, 1.165) is 17.9 Å². The molecule has 7 heteroatoms. The van der Waals surface area contributed by atoms with E-state index in [1.807, 2.05) is 52.3 Å². The SMILES string of the molecule is O=C1CO[C@@H]2CCN(C(=O)N3CC(c4ccc(Oc5ccccc5)cc4)C3)C[C@H]2N1. The van der Waals surface area contributed by atoms with Crippen LogP contribution in [0, 0.1) is 0 Å². The fraction of sp³-hybridized carbons (Fsp3) is 0.391. The molecule has 2 aromatic rings. The highest BCUT2D eigenvalue weighted by Crippen LogP contribution is 2.31. The van der Waals surface area contributed by atoms with Gasteiger partial charge in [-0.15, -0.1) is 0 Å². The van der Waals surface area contributed by atoms with Gasteiger partial charge in [-0.25, -0.2) is 4.79 Å². The predicted octanol–water partition coefficient (Wildman–Crippen LogP) is 2.59. The molecule has 0 aliphatic carbocycles. The van der Waals surface area contributed by atoms with Gasteiger partial charge in [0.25, 0.3) is 0 Å². The largest absolute Gasteiger partial charge is 0.457 e. The van der Waals surface area contributed by atoms with Gasteiger partial charge in [0.1, 0.15) is 18.1 Å². The van der Waals surface area contributed by atoms with Crippen molar-refractivity contribution in [1.82, 2.24) is 15.1 Å². The van der Waals surface area contributed by atoms with Crippen molar-refractivity contribution < 1.29 is 19.1 Å². The van der Waals surface area contributed by atoms with E-state index in [2.05, 4.69) is 17.4 Å². The minimum atomic E-state index is -0.103. The van der Waals surface area contributed by atoms with Crippen LogP contribution in [-0.4, -0.2) is 66.7 Å². The van der Waals surface area contributed by atoms with Crippen molar-refractivity contribution in [3.63, 3.8) is 0 Å². The molecule has 1 N–H and O–H groups in total. The fourth-order valence-corrected chi connectivity index (χ4v) is 4.35. The molecule has 3 aliphatic heterocycles. The molecule has 7 nitrogen and oxygen atoms in total. The predicted molar refractivity (Wildman–Crippen MR) is 111 cm³/mol. The van der Waals surface area contributed by atoms with E-state index in [1.165, 1.54) is 5.56 Å². The number of piperidine rings is 1. The number of ether oxygens (including phenoxy) is 2. The molecule has 0 spiro atoms. The maximum Gasteiger partial charge on any atom is 0.320 e. The lowest BCUT2D eigenvalue weighted by Gasteiger charge is -2.46. The number of carbonyl (C=O) groups is 2. The molecule has 0 unspecified atom stereocenters. The van der Waals surface area contributed by atoms with E-state index in [-0.39, 0.29) is 30.7 Å². The summed E-state index contributed by atoms with van der Waals surface area (Å²) in [7, 11) is 0. The van der Waals surface area contributed by atoms with Crippen LogP contribution >= 0.6 is 0 Å². The number of nitrogens with zero attached hydrogens (tertiary/aromatic N) is 2. The Morgan fingerprint density at radius 2 is 1.70 bits per heavy atom. The standard InChI is InChI=1S/C23H25N3O4/c27-22-15-29-21-10-11-25(14-20(21)24-22)23(28)26-12-17(13-26)16-6-8-19(9-7-16)30-18-4-2-1-3-5-18/h1-9,17,20-21H,10-15H2,(H,24,27)/t20-,21-/m1/s1. The van der Waals surface area contributed by atoms with E-state index in [1.54, 1.807) is 0 Å². The van der Waals surface area contributed by atoms with E-state index in [4.69, 9.17) is 9.47 Å². The molecule has 3 saturated heterocycles. The highest BCUT2D eigenvalue weighted by molar-refractivity contribution is 5.79. The number of amides is 3. The van der Waals surface area contributed by atoms with Crippen molar-refractivity contribution >= 4 is 11.9 Å². The first kappa shape index (κ1) is 18.9. The summed E-state index contributed by atoms with van der Waals surface area (Å²) in [5, 5.41) is 2.95. The van der Waals surface area contributed by atoms with E-state index in [0.29, 0.717) is 32.1 Å². The molecule has 3 fully saturated rings. The quantitative estimate of drug-likeness (QED) is 0.849. The first-order valence-electron chi connectivity index (χ1n) is 10.4. The van der Waals surface area contributed by atoms with Crippen LogP contribution in [-0.2, 0) is 9.53 Å². The monoisotopic (exact) mass is 407 g/mol. The number of hydrogen-bond acceptors (Lipinski definition) is 4. The number of carbonyl (C=O) groups excluding carboxylic acids is 2. The number of morpholine rings is 1. The molecule has 2 aromatic carbocycles. The van der Waals surface area contributed by atoms with Crippen molar-refractivity contribution in [3.8, 4) is 11.5 Å². The molecule has 3 amide bonds. The Bertz CT molecular complexity index is 912. The summed E-state index contributed by atoms with van der Waals surface area (Å²) in [5.41, 5.74) is 1.21. The fourth-order valence-electron chi connectivity index (χ4n) is 4.35. The molecule has 30 heavy (non-hydrogen) atoms. The Labute approximate surface area is 175 Å². The molecule has 0 radical (unpaired) electrons. The van der Waals surface area contributed by atoms with Crippen molar-refractivity contribution in [1.29, 1.82) is 0 Å². The molecular formula is C23H25N3O4. The summed E-state index contributed by atoms with van der Waals surface area (Å²) >= 11 is 0. The second-order valence-electron chi connectivity index (χ2n) is 8.13. The first-order valence-corrected chi connectivity index (χ1v) is 10.4. The summed E-state index contributed by atoms with van der Waals surface area (Å²) in [5.74, 6) is 1.86. The molecule has 3 aliphatic rings. The zero-order valence-electron chi connectivity index (χ0n) is 16.7. The van der Waals surface area contributed by atoms with Crippen LogP contribution in [0.15, 0.2) is 54.6 Å². The number of likely N-dealkylation sites (tertiary alicyclic amines) is 2. The molecule has 3 heterocycles. The van der Waals surface area contributed by atoms with Gasteiger partial charge >= 0.3 is 6.03 Å². The number of fused-ring (bicyclic) bond motifs is 1. The van der Waals surface area contributed by atoms with Gasteiger partial charge in [0.15, 0.2) is 0 Å². The van der Waals surface area contributed by atoms with Gasteiger partial charge in [-0.3, -0.25) is 4.79 Å². The number of nitrogens with one attached hydrogen (secondary N) is 1. The lowest BCUT2D eigenvalue weighted by molar-refractivity contribution is -0.139. The summed E-state index contributed by atoms with van der Waals surface area (Å²) in [6.07, 6.45) is 0.782. The van der Waals surface area contributed by atoms with Gasteiger partial charge in [0.2, 0.25) is 5.91 Å². The van der Waals surface area contributed by atoms with Gasteiger partial charge in [-0.1, -0.05) is 30.3 Å². The van der Waals surface area contributed by atoms with Gasteiger partial charge < -0.3 is 24.6 Å². The second kappa shape index (κ2) is 7.99. The van der Waals surface area contributed by atoms with Gasteiger partial charge in [-0.05, 0) is 36.2 Å². The van der Waals surface area contributed by atoms with E-state index in [9.17, 15) is 9.59 Å². The third kappa shape index (κ3) is 3.85. The van der Waals surface area contributed by atoms with Gasteiger partial charge in [0.05, 0.1) is 12.1 Å². The summed E-state index contributed by atoms with van der Waals surface area (Å²) in [6, 6.07) is 17.8. The van der Waals surface area contributed by atoms with Crippen molar-refractivity contribution in [2.24, 2.45) is 0 Å². The van der Waals surface area contributed by atoms with Crippen LogP contribution in [0.1, 0.15) is 17.9 Å². The van der Waals surface area contributed by atoms with Gasteiger partial charge in [-0.2, -0.15) is 0 Å². The smallest absolute Gasteiger partial charge is 0.320 e. The topological polar surface area (TPSA) is 71.1 Å². The third-order valence-electron chi connectivity index (χ3n) is 6.08. The average molecular weight is 407 g/mol. The second-order valence-corrected chi connectivity index (χ2v) is 8.13. The van der Waals surface area contributed by atoms with Crippen LogP contribution in [0.5, 0.6) is 11.5 Å². The molecule has 0 aromatic heterocycles. The lowest BCUT2D eigenvalue weighted by atomic mass is 9.91. The molecule has 0 bridgehead atoms. The number of urea groups is 1. The van der Waals surface area contributed by atoms with Crippen molar-refractivity contribution in [2.45, 2.75) is 24.5 Å². The van der Waals surface area contributed by atoms with E-state index >= 15 is 0 Å². The van der Waals surface area contributed by atoms with Crippen LogP contribution in [0.2, 0.25) is 0 Å². The Morgan fingerprint density at radius 1 is 0.967 bits per heavy atom. The Balaban J connectivity index is 1.13. The number of benzene rings is 2. The molecule has 0 saturated carbocycles. The summed E-state index contributed by atoms with van der Waals surface area (Å²) in [4.78, 5) is 28.1. The minimum Gasteiger partial charge on any atom is -0.457 e. The molecule has 156 valence electrons. The normalized spacial score (nSPS) is 23.9. The number of hydrogen-bond donors (Lipinski definition) is 1. The van der Waals surface area contributed by atoms with Crippen molar-refractivity contribution in [2.75, 3.05) is 32.8 Å². The van der Waals surface area contributed by atoms with Crippen LogP contribution in [0.25, 0.3) is 0 Å². The van der Waals surface area contributed by atoms with E-state index < -0.39 is 0 Å². The highest BCUT2D eigenvalue weighted by atomic mass is 16.5. The third-order valence-corrected chi connectivity index (χ3v) is 6.08. The molecular weight excluding hydrogens is 382 g/mol. The Kier molecular flexibility index (Phi) is 5.04. The van der Waals surface area contributed by atoms with Crippen LogP contribution < -0.4 is 10.1 Å². The zero-order valence-corrected chi connectivity index (χ0v) is 16.7. The minimum absolute atomic E-state index is 0.0208. The lowest BCUT2D eigenvalue weighted by Crippen LogP contribution is -2.63. The Morgan fingerprint density at radius 3 is 2.47 bits per heavy atom. The summed E-state index contributed by atoms with van der Waals surface area (Å²) in [6.45, 7) is 2.74. The maximum absolute atomic E-state index is 12.8. The highest BCUT2D eigenvalue weighted by Gasteiger charge is 2.40. The molecule has 5 rings (SSSR count).